The standard InChI is InChI=1S/C19H19ClN4O5S/c1-30(28,29)22-11-12-4-2-5-13(10-12)24-16(8-9-21-19(26)27)23-15-7-3-6-14(20)17(15)18(24)25/h2-7,10,21-22H,8-9,11H2,1H3,(H,26,27). The van der Waals surface area contributed by atoms with Gasteiger partial charge in [0.15, 0.2) is 0 Å². The summed E-state index contributed by atoms with van der Waals surface area (Å²) in [6.07, 6.45) is 0.0431. The average molecular weight is 451 g/mol. The zero-order valence-electron chi connectivity index (χ0n) is 15.9. The highest BCUT2D eigenvalue weighted by atomic mass is 35.5. The third-order valence-corrected chi connectivity index (χ3v) is 5.23. The van der Waals surface area contributed by atoms with E-state index in [9.17, 15) is 18.0 Å². The SMILES string of the molecule is CS(=O)(=O)NCc1cccc(-n2c(CCNC(=O)O)nc3cccc(Cl)c3c2=O)c1. The van der Waals surface area contributed by atoms with E-state index in [0.717, 1.165) is 6.26 Å². The summed E-state index contributed by atoms with van der Waals surface area (Å²) < 4.78 is 26.5. The number of fused-ring (bicyclic) bond motifs is 1. The number of benzene rings is 2. The molecule has 1 heterocycles. The molecule has 158 valence electrons. The van der Waals surface area contributed by atoms with Gasteiger partial charge in [0.1, 0.15) is 5.82 Å². The van der Waals surface area contributed by atoms with Crippen molar-refractivity contribution in [1.29, 1.82) is 0 Å². The highest BCUT2D eigenvalue weighted by Crippen LogP contribution is 2.21. The Morgan fingerprint density at radius 3 is 2.67 bits per heavy atom. The topological polar surface area (TPSA) is 130 Å². The summed E-state index contributed by atoms with van der Waals surface area (Å²) in [7, 11) is -3.38. The van der Waals surface area contributed by atoms with Crippen LogP contribution in [0.3, 0.4) is 0 Å². The minimum absolute atomic E-state index is 0.0547. The van der Waals surface area contributed by atoms with Crippen molar-refractivity contribution in [1.82, 2.24) is 19.6 Å². The number of hydrogen-bond donors (Lipinski definition) is 3. The van der Waals surface area contributed by atoms with Crippen molar-refractivity contribution in [2.24, 2.45) is 0 Å². The second-order valence-corrected chi connectivity index (χ2v) is 8.79. The van der Waals surface area contributed by atoms with Crippen LogP contribution >= 0.6 is 11.6 Å². The van der Waals surface area contributed by atoms with Crippen molar-refractivity contribution in [3.63, 3.8) is 0 Å². The van der Waals surface area contributed by atoms with Gasteiger partial charge in [0.05, 0.1) is 27.9 Å². The van der Waals surface area contributed by atoms with Crippen molar-refractivity contribution in [3.05, 3.63) is 69.2 Å². The molecule has 0 saturated carbocycles. The molecule has 3 aromatic rings. The molecule has 30 heavy (non-hydrogen) atoms. The molecule has 0 unspecified atom stereocenters. The molecule has 2 aromatic carbocycles. The van der Waals surface area contributed by atoms with E-state index in [2.05, 4.69) is 15.0 Å². The molecule has 9 nitrogen and oxygen atoms in total. The molecule has 0 saturated heterocycles. The van der Waals surface area contributed by atoms with E-state index in [1.807, 2.05) is 0 Å². The van der Waals surface area contributed by atoms with Crippen LogP contribution in [0.15, 0.2) is 47.3 Å². The number of sulfonamides is 1. The number of nitrogens with zero attached hydrogens (tertiary/aromatic N) is 2. The number of hydrogen-bond acceptors (Lipinski definition) is 5. The minimum atomic E-state index is -3.38. The van der Waals surface area contributed by atoms with Gasteiger partial charge in [-0.1, -0.05) is 29.8 Å². The van der Waals surface area contributed by atoms with Crippen LogP contribution in [0.5, 0.6) is 0 Å². The molecule has 11 heteroatoms. The van der Waals surface area contributed by atoms with Gasteiger partial charge in [-0.3, -0.25) is 9.36 Å². The number of halogens is 1. The summed E-state index contributed by atoms with van der Waals surface area (Å²) in [6, 6.07) is 11.7. The van der Waals surface area contributed by atoms with Crippen LogP contribution in [0.2, 0.25) is 5.02 Å². The molecule has 0 bridgehead atoms. The third kappa shape index (κ3) is 5.15. The minimum Gasteiger partial charge on any atom is -0.465 e. The Morgan fingerprint density at radius 2 is 1.97 bits per heavy atom. The smallest absolute Gasteiger partial charge is 0.404 e. The van der Waals surface area contributed by atoms with Gasteiger partial charge < -0.3 is 10.4 Å². The number of carboxylic acid groups (broad SMARTS) is 1. The van der Waals surface area contributed by atoms with Gasteiger partial charge in [0.2, 0.25) is 10.0 Å². The van der Waals surface area contributed by atoms with Crippen molar-refractivity contribution >= 4 is 38.6 Å². The van der Waals surface area contributed by atoms with Crippen LogP contribution in [-0.4, -0.2) is 42.0 Å². The molecule has 0 aliphatic rings. The molecule has 0 spiro atoms. The maximum Gasteiger partial charge on any atom is 0.404 e. The third-order valence-electron chi connectivity index (χ3n) is 4.25. The monoisotopic (exact) mass is 450 g/mol. The maximum absolute atomic E-state index is 13.3. The molecule has 0 radical (unpaired) electrons. The molecule has 1 aromatic heterocycles. The Balaban J connectivity index is 2.13. The van der Waals surface area contributed by atoms with E-state index in [1.54, 1.807) is 42.5 Å². The first-order valence-electron chi connectivity index (χ1n) is 8.86. The van der Waals surface area contributed by atoms with E-state index >= 15 is 0 Å². The second kappa shape index (κ2) is 8.82. The fraction of sp³-hybridized carbons (Fsp3) is 0.211. The lowest BCUT2D eigenvalue weighted by Gasteiger charge is -2.15. The second-order valence-electron chi connectivity index (χ2n) is 6.55. The van der Waals surface area contributed by atoms with Crippen LogP contribution in [0.1, 0.15) is 11.4 Å². The van der Waals surface area contributed by atoms with Gasteiger partial charge in [-0.2, -0.15) is 0 Å². The fourth-order valence-corrected chi connectivity index (χ4v) is 3.65. The van der Waals surface area contributed by atoms with Crippen molar-refractivity contribution in [2.75, 3.05) is 12.8 Å². The number of nitrogens with one attached hydrogen (secondary N) is 2. The first-order chi connectivity index (χ1) is 14.2. The Hall–Kier alpha value is -2.95. The molecule has 0 aliphatic heterocycles. The summed E-state index contributed by atoms with van der Waals surface area (Å²) in [5.41, 5.74) is 1.11. The normalized spacial score (nSPS) is 11.5. The zero-order valence-corrected chi connectivity index (χ0v) is 17.5. The lowest BCUT2D eigenvalue weighted by molar-refractivity contribution is 0.194. The van der Waals surface area contributed by atoms with Crippen LogP contribution < -0.4 is 15.6 Å². The van der Waals surface area contributed by atoms with E-state index in [-0.39, 0.29) is 29.9 Å². The maximum atomic E-state index is 13.3. The van der Waals surface area contributed by atoms with E-state index in [0.29, 0.717) is 22.6 Å². The van der Waals surface area contributed by atoms with Crippen LogP contribution in [-0.2, 0) is 23.0 Å². The van der Waals surface area contributed by atoms with Gasteiger partial charge >= 0.3 is 6.09 Å². The number of aromatic nitrogens is 2. The lowest BCUT2D eigenvalue weighted by atomic mass is 10.1. The molecular formula is C19H19ClN4O5S. The Labute approximate surface area is 177 Å². The summed E-state index contributed by atoms with van der Waals surface area (Å²) in [5, 5.41) is 11.6. The summed E-state index contributed by atoms with van der Waals surface area (Å²) in [4.78, 5) is 28.6. The fourth-order valence-electron chi connectivity index (χ4n) is 2.97. The van der Waals surface area contributed by atoms with Gasteiger partial charge in [0, 0.05) is 19.5 Å². The van der Waals surface area contributed by atoms with Gasteiger partial charge in [-0.25, -0.2) is 22.9 Å². The molecular weight excluding hydrogens is 432 g/mol. The number of amides is 1. The Morgan fingerprint density at radius 1 is 1.23 bits per heavy atom. The predicted molar refractivity (Wildman–Crippen MR) is 114 cm³/mol. The lowest BCUT2D eigenvalue weighted by Crippen LogP contribution is -2.29. The van der Waals surface area contributed by atoms with Crippen LogP contribution in [0.25, 0.3) is 16.6 Å². The number of rotatable bonds is 7. The van der Waals surface area contributed by atoms with Crippen molar-refractivity contribution in [3.8, 4) is 5.69 Å². The van der Waals surface area contributed by atoms with E-state index in [4.69, 9.17) is 16.7 Å². The molecule has 3 rings (SSSR count). The first-order valence-corrected chi connectivity index (χ1v) is 11.1. The highest BCUT2D eigenvalue weighted by molar-refractivity contribution is 7.88. The van der Waals surface area contributed by atoms with Gasteiger partial charge in [-0.15, -0.1) is 0 Å². The molecule has 1 amide bonds. The zero-order chi connectivity index (χ0) is 21.9. The Bertz CT molecular complexity index is 1270. The van der Waals surface area contributed by atoms with E-state index < -0.39 is 21.7 Å². The van der Waals surface area contributed by atoms with Crippen molar-refractivity contribution < 1.29 is 18.3 Å². The summed E-state index contributed by atoms with van der Waals surface area (Å²) in [6.45, 7) is 0.113. The van der Waals surface area contributed by atoms with Gasteiger partial charge in [-0.05, 0) is 29.8 Å². The largest absolute Gasteiger partial charge is 0.465 e. The Kier molecular flexibility index (Phi) is 6.40. The quantitative estimate of drug-likeness (QED) is 0.504. The molecule has 3 N–H and O–H groups in total. The average Bonchev–Trinajstić information content (AvgIpc) is 2.66. The molecule has 0 fully saturated rings. The number of carbonyl (C=O) groups is 1. The summed E-state index contributed by atoms with van der Waals surface area (Å²) in [5.74, 6) is 0.344. The predicted octanol–water partition coefficient (Wildman–Crippen LogP) is 1.90. The van der Waals surface area contributed by atoms with Crippen LogP contribution in [0, 0.1) is 0 Å². The highest BCUT2D eigenvalue weighted by Gasteiger charge is 2.15. The van der Waals surface area contributed by atoms with Crippen molar-refractivity contribution in [2.45, 2.75) is 13.0 Å². The summed E-state index contributed by atoms with van der Waals surface area (Å²) >= 11 is 6.23. The molecule has 0 atom stereocenters. The first kappa shape index (κ1) is 21.8. The van der Waals surface area contributed by atoms with Gasteiger partial charge in [0.25, 0.3) is 5.56 Å². The molecule has 0 aliphatic carbocycles. The van der Waals surface area contributed by atoms with Crippen LogP contribution in [0.4, 0.5) is 4.79 Å². The van der Waals surface area contributed by atoms with E-state index in [1.165, 1.54) is 4.57 Å².